The van der Waals surface area contributed by atoms with E-state index < -0.39 is 0 Å². The van der Waals surface area contributed by atoms with Crippen molar-refractivity contribution in [1.29, 1.82) is 0 Å². The Bertz CT molecular complexity index is 695. The Labute approximate surface area is 165 Å². The minimum absolute atomic E-state index is 0. The summed E-state index contributed by atoms with van der Waals surface area (Å²) < 4.78 is 10.7. The minimum atomic E-state index is 0. The van der Waals surface area contributed by atoms with E-state index in [1.165, 1.54) is 11.1 Å². The average molecular weight is 454 g/mol. The fraction of sp³-hybridized carbons (Fsp3) is 0.333. The van der Waals surface area contributed by atoms with Crippen LogP contribution in [0.5, 0.6) is 11.5 Å². The summed E-state index contributed by atoms with van der Waals surface area (Å²) >= 11 is 0. The number of halogens is 1. The molecule has 0 unspecified atom stereocenters. The number of hydrogen-bond acceptors (Lipinski definition) is 4. The maximum Gasteiger partial charge on any atom is 0.231 e. The highest BCUT2D eigenvalue weighted by atomic mass is 127. The number of benzene rings is 1. The Hall–Kier alpha value is -2.03. The zero-order chi connectivity index (χ0) is 16.6. The Balaban J connectivity index is 0.00000225. The summed E-state index contributed by atoms with van der Waals surface area (Å²) in [5, 5.41) is 6.64. The van der Waals surface area contributed by atoms with Gasteiger partial charge in [-0.05, 0) is 42.2 Å². The van der Waals surface area contributed by atoms with Gasteiger partial charge in [-0.25, -0.2) is 0 Å². The van der Waals surface area contributed by atoms with Crippen LogP contribution in [0, 0.1) is 0 Å². The molecule has 2 aromatic rings. The molecule has 0 radical (unpaired) electrons. The highest BCUT2D eigenvalue weighted by Gasteiger charge is 2.12. The second-order valence-corrected chi connectivity index (χ2v) is 5.47. The molecule has 0 saturated heterocycles. The van der Waals surface area contributed by atoms with Gasteiger partial charge >= 0.3 is 0 Å². The number of aromatic nitrogens is 1. The largest absolute Gasteiger partial charge is 0.454 e. The van der Waals surface area contributed by atoms with Crippen molar-refractivity contribution in [3.63, 3.8) is 0 Å². The van der Waals surface area contributed by atoms with Gasteiger partial charge in [0.15, 0.2) is 17.5 Å². The number of guanidine groups is 1. The fourth-order valence-electron chi connectivity index (χ4n) is 2.51. The summed E-state index contributed by atoms with van der Waals surface area (Å²) in [7, 11) is 1.78. The third-order valence-corrected chi connectivity index (χ3v) is 3.80. The molecule has 2 N–H and O–H groups in total. The van der Waals surface area contributed by atoms with Crippen molar-refractivity contribution < 1.29 is 9.47 Å². The van der Waals surface area contributed by atoms with E-state index in [4.69, 9.17) is 9.47 Å². The van der Waals surface area contributed by atoms with Crippen molar-refractivity contribution in [2.24, 2.45) is 4.99 Å². The van der Waals surface area contributed by atoms with Gasteiger partial charge in [0.1, 0.15) is 0 Å². The van der Waals surface area contributed by atoms with E-state index in [0.29, 0.717) is 6.79 Å². The van der Waals surface area contributed by atoms with Gasteiger partial charge in [0, 0.05) is 32.5 Å². The zero-order valence-electron chi connectivity index (χ0n) is 14.2. The third kappa shape index (κ3) is 5.77. The van der Waals surface area contributed by atoms with Crippen molar-refractivity contribution >= 4 is 29.9 Å². The molecule has 1 aromatic heterocycles. The predicted octanol–water partition coefficient (Wildman–Crippen LogP) is 2.38. The molecule has 0 aliphatic carbocycles. The van der Waals surface area contributed by atoms with Crippen LogP contribution >= 0.6 is 24.0 Å². The standard InChI is InChI=1S/C18H22N4O2.HI/c1-19-18(22-10-7-15-3-2-8-20-12-15)21-9-6-14-4-5-16-17(11-14)24-13-23-16;/h2-5,8,11-12H,6-7,9-10,13H2,1H3,(H2,19,21,22);1H. The van der Waals surface area contributed by atoms with Crippen molar-refractivity contribution in [2.75, 3.05) is 26.9 Å². The van der Waals surface area contributed by atoms with Crippen LogP contribution in [0.1, 0.15) is 11.1 Å². The third-order valence-electron chi connectivity index (χ3n) is 3.80. The highest BCUT2D eigenvalue weighted by molar-refractivity contribution is 14.0. The molecule has 0 amide bonds. The number of ether oxygens (including phenoxy) is 2. The number of nitrogens with one attached hydrogen (secondary N) is 2. The molecule has 2 heterocycles. The molecule has 3 rings (SSSR count). The van der Waals surface area contributed by atoms with Crippen LogP contribution in [0.4, 0.5) is 0 Å². The maximum atomic E-state index is 5.40. The SMILES string of the molecule is CN=C(NCCc1cccnc1)NCCc1ccc2c(c1)OCO2.I. The van der Waals surface area contributed by atoms with Crippen molar-refractivity contribution in [3.05, 3.63) is 53.9 Å². The number of fused-ring (bicyclic) bond motifs is 1. The highest BCUT2D eigenvalue weighted by Crippen LogP contribution is 2.32. The number of hydrogen-bond donors (Lipinski definition) is 2. The Morgan fingerprint density at radius 2 is 1.84 bits per heavy atom. The Morgan fingerprint density at radius 1 is 1.08 bits per heavy atom. The first kappa shape index (κ1) is 19.3. The molecule has 6 nitrogen and oxygen atoms in total. The molecule has 134 valence electrons. The first-order chi connectivity index (χ1) is 11.8. The summed E-state index contributed by atoms with van der Waals surface area (Å²) in [5.74, 6) is 2.45. The molecule has 1 aliphatic heterocycles. The molecule has 0 saturated carbocycles. The molecular weight excluding hydrogens is 431 g/mol. The van der Waals surface area contributed by atoms with E-state index in [1.54, 1.807) is 13.2 Å². The molecule has 1 aromatic carbocycles. The minimum Gasteiger partial charge on any atom is -0.454 e. The second kappa shape index (κ2) is 10.1. The van der Waals surface area contributed by atoms with E-state index in [9.17, 15) is 0 Å². The monoisotopic (exact) mass is 454 g/mol. The molecule has 0 atom stereocenters. The lowest BCUT2D eigenvalue weighted by Crippen LogP contribution is -2.39. The van der Waals surface area contributed by atoms with Crippen molar-refractivity contribution in [1.82, 2.24) is 15.6 Å². The first-order valence-corrected chi connectivity index (χ1v) is 8.07. The number of pyridine rings is 1. The van der Waals surface area contributed by atoms with Crippen LogP contribution in [0.2, 0.25) is 0 Å². The molecule has 1 aliphatic rings. The van der Waals surface area contributed by atoms with Crippen LogP contribution in [0.25, 0.3) is 0 Å². The van der Waals surface area contributed by atoms with E-state index >= 15 is 0 Å². The zero-order valence-corrected chi connectivity index (χ0v) is 16.5. The Morgan fingerprint density at radius 3 is 2.56 bits per heavy atom. The molecule has 7 heteroatoms. The van der Waals surface area contributed by atoms with E-state index in [0.717, 1.165) is 43.4 Å². The first-order valence-electron chi connectivity index (χ1n) is 8.07. The van der Waals surface area contributed by atoms with Crippen LogP contribution in [-0.2, 0) is 12.8 Å². The van der Waals surface area contributed by atoms with Crippen LogP contribution in [0.3, 0.4) is 0 Å². The van der Waals surface area contributed by atoms with Gasteiger partial charge in [-0.3, -0.25) is 9.98 Å². The molecule has 0 spiro atoms. The summed E-state index contributed by atoms with van der Waals surface area (Å²) in [5.41, 5.74) is 2.42. The number of nitrogens with zero attached hydrogens (tertiary/aromatic N) is 2. The summed E-state index contributed by atoms with van der Waals surface area (Å²) in [6.07, 6.45) is 5.47. The van der Waals surface area contributed by atoms with Crippen molar-refractivity contribution in [3.8, 4) is 11.5 Å². The molecule has 0 bridgehead atoms. The predicted molar refractivity (Wildman–Crippen MR) is 109 cm³/mol. The van der Waals surface area contributed by atoms with Gasteiger partial charge in [-0.1, -0.05) is 12.1 Å². The topological polar surface area (TPSA) is 67.8 Å². The number of rotatable bonds is 6. The number of aliphatic imine (C=N–C) groups is 1. The lowest BCUT2D eigenvalue weighted by atomic mass is 10.1. The Kier molecular flexibility index (Phi) is 7.77. The molecular formula is C18H23IN4O2. The summed E-state index contributed by atoms with van der Waals surface area (Å²) in [6, 6.07) is 10.1. The molecule has 25 heavy (non-hydrogen) atoms. The van der Waals surface area contributed by atoms with Crippen LogP contribution < -0.4 is 20.1 Å². The summed E-state index contributed by atoms with van der Waals surface area (Å²) in [6.45, 7) is 1.92. The lowest BCUT2D eigenvalue weighted by Gasteiger charge is -2.12. The van der Waals surface area contributed by atoms with Gasteiger partial charge in [-0.15, -0.1) is 24.0 Å². The quantitative estimate of drug-likeness (QED) is 0.399. The normalized spacial score (nSPS) is 12.4. The molecule has 0 fully saturated rings. The van der Waals surface area contributed by atoms with E-state index in [-0.39, 0.29) is 24.0 Å². The smallest absolute Gasteiger partial charge is 0.231 e. The maximum absolute atomic E-state index is 5.40. The second-order valence-electron chi connectivity index (χ2n) is 5.47. The van der Waals surface area contributed by atoms with E-state index in [2.05, 4.69) is 32.7 Å². The lowest BCUT2D eigenvalue weighted by molar-refractivity contribution is 0.174. The van der Waals surface area contributed by atoms with Gasteiger partial charge < -0.3 is 20.1 Å². The summed E-state index contributed by atoms with van der Waals surface area (Å²) in [4.78, 5) is 8.36. The van der Waals surface area contributed by atoms with Crippen LogP contribution in [0.15, 0.2) is 47.7 Å². The van der Waals surface area contributed by atoms with Gasteiger partial charge in [0.25, 0.3) is 0 Å². The van der Waals surface area contributed by atoms with Crippen LogP contribution in [-0.4, -0.2) is 37.9 Å². The average Bonchev–Trinajstić information content (AvgIpc) is 3.09. The fourth-order valence-corrected chi connectivity index (χ4v) is 2.51. The van der Waals surface area contributed by atoms with Gasteiger partial charge in [0.05, 0.1) is 0 Å². The van der Waals surface area contributed by atoms with Gasteiger partial charge in [-0.2, -0.15) is 0 Å². The van der Waals surface area contributed by atoms with E-state index in [1.807, 2.05) is 24.4 Å². The van der Waals surface area contributed by atoms with Gasteiger partial charge in [0.2, 0.25) is 6.79 Å². The van der Waals surface area contributed by atoms with Crippen molar-refractivity contribution in [2.45, 2.75) is 12.8 Å².